The number of piperidine rings is 1. The number of primary amides is 1. The number of imidazole rings is 1. The van der Waals surface area contributed by atoms with Crippen LogP contribution in [-0.4, -0.2) is 62.6 Å². The van der Waals surface area contributed by atoms with E-state index in [1.807, 2.05) is 40.8 Å². The molecule has 7 rings (SSSR count). The lowest BCUT2D eigenvalue weighted by atomic mass is 9.97. The van der Waals surface area contributed by atoms with Gasteiger partial charge in [-0.3, -0.25) is 9.59 Å². The van der Waals surface area contributed by atoms with E-state index in [1.54, 1.807) is 13.2 Å². The second-order valence-corrected chi connectivity index (χ2v) is 12.3. The largest absolute Gasteiger partial charge is 0.494 e. The van der Waals surface area contributed by atoms with Gasteiger partial charge in [0.1, 0.15) is 11.3 Å². The Morgan fingerprint density at radius 2 is 1.91 bits per heavy atom. The van der Waals surface area contributed by atoms with Gasteiger partial charge in [-0.15, -0.1) is 0 Å². The van der Waals surface area contributed by atoms with Crippen molar-refractivity contribution in [1.82, 2.24) is 24.0 Å². The second kappa shape index (κ2) is 11.3. The fraction of sp³-hybridized carbons (Fsp3) is 0.353. The Bertz CT molecular complexity index is 1980. The van der Waals surface area contributed by atoms with Gasteiger partial charge < -0.3 is 30.2 Å². The van der Waals surface area contributed by atoms with Crippen LogP contribution in [0.4, 0.5) is 4.39 Å². The van der Waals surface area contributed by atoms with E-state index in [2.05, 4.69) is 15.6 Å². The molecule has 0 radical (unpaired) electrons. The Morgan fingerprint density at radius 3 is 2.62 bits per heavy atom. The van der Waals surface area contributed by atoms with Crippen molar-refractivity contribution in [2.75, 3.05) is 26.7 Å². The third kappa shape index (κ3) is 5.10. The van der Waals surface area contributed by atoms with Crippen LogP contribution >= 0.6 is 0 Å². The Kier molecular flexibility index (Phi) is 7.27. The quantitative estimate of drug-likeness (QED) is 0.261. The van der Waals surface area contributed by atoms with Crippen molar-refractivity contribution in [3.05, 3.63) is 65.7 Å². The Morgan fingerprint density at radius 1 is 1.09 bits per heavy atom. The summed E-state index contributed by atoms with van der Waals surface area (Å²) in [5.74, 6) is 0.423. The monoisotopic (exact) mass is 609 g/mol. The molecule has 0 unspecified atom stereocenters. The maximum Gasteiger partial charge on any atom is 0.270 e. The number of likely N-dealkylation sites (tertiary alicyclic amines) is 1. The zero-order chi connectivity index (χ0) is 31.4. The lowest BCUT2D eigenvalue weighted by Crippen LogP contribution is -2.42. The number of ether oxygens (including phenoxy) is 1. The number of fused-ring (bicyclic) bond motifs is 2. The summed E-state index contributed by atoms with van der Waals surface area (Å²) in [4.78, 5) is 36.2. The summed E-state index contributed by atoms with van der Waals surface area (Å²) in [7, 11) is 3.56. The molecule has 1 aliphatic heterocycles. The van der Waals surface area contributed by atoms with Crippen molar-refractivity contribution in [3.63, 3.8) is 0 Å². The number of hydrogen-bond acceptors (Lipinski definition) is 6. The molecular weight excluding hydrogens is 573 g/mol. The van der Waals surface area contributed by atoms with Gasteiger partial charge >= 0.3 is 0 Å². The topological polar surface area (TPSA) is 134 Å². The molecule has 3 aromatic heterocycles. The third-order valence-corrected chi connectivity index (χ3v) is 9.21. The highest BCUT2D eigenvalue weighted by Crippen LogP contribution is 2.40. The predicted octanol–water partition coefficient (Wildman–Crippen LogP) is 4.72. The molecule has 232 valence electrons. The summed E-state index contributed by atoms with van der Waals surface area (Å²) in [5.41, 5.74) is 16.0. The predicted molar refractivity (Wildman–Crippen MR) is 170 cm³/mol. The summed E-state index contributed by atoms with van der Waals surface area (Å²) < 4.78 is 24.9. The van der Waals surface area contributed by atoms with Crippen LogP contribution < -0.4 is 16.2 Å². The van der Waals surface area contributed by atoms with Gasteiger partial charge in [0.15, 0.2) is 17.3 Å². The maximum absolute atomic E-state index is 14.8. The summed E-state index contributed by atoms with van der Waals surface area (Å²) in [5, 5.41) is 0.969. The van der Waals surface area contributed by atoms with Crippen molar-refractivity contribution < 1.29 is 18.7 Å². The summed E-state index contributed by atoms with van der Waals surface area (Å²) >= 11 is 0. The number of nitrogens with two attached hydrogens (primary N) is 2. The number of rotatable bonds is 8. The number of benzene rings is 2. The Labute approximate surface area is 259 Å². The molecule has 5 aromatic rings. The average molecular weight is 610 g/mol. The number of nitrogens with zero attached hydrogens (tertiary/aromatic N) is 5. The molecule has 1 saturated carbocycles. The molecule has 45 heavy (non-hydrogen) atoms. The highest BCUT2D eigenvalue weighted by atomic mass is 19.1. The molecule has 1 aliphatic carbocycles. The minimum atomic E-state index is -0.908. The molecule has 4 N–H and O–H groups in total. The van der Waals surface area contributed by atoms with Gasteiger partial charge in [-0.2, -0.15) is 0 Å². The van der Waals surface area contributed by atoms with Crippen LogP contribution in [0.5, 0.6) is 5.75 Å². The molecule has 2 aromatic carbocycles. The number of amides is 2. The SMILES string of the molecule is COc1cc(C(=O)N2CCC[C@@H](CN)C2)cc2nc(-c3cc4cccc(-c5cnc(C(N)=O)c(F)c5)c4n3CC3CC3)n(C)c12. The third-order valence-electron chi connectivity index (χ3n) is 9.21. The number of aryl methyl sites for hydroxylation is 1. The van der Waals surface area contributed by atoms with Crippen LogP contribution in [0.3, 0.4) is 0 Å². The van der Waals surface area contributed by atoms with E-state index in [0.717, 1.165) is 65.7 Å². The normalized spacial score (nSPS) is 16.9. The van der Waals surface area contributed by atoms with Crippen molar-refractivity contribution in [2.24, 2.45) is 30.4 Å². The minimum Gasteiger partial charge on any atom is -0.494 e. The van der Waals surface area contributed by atoms with Crippen molar-refractivity contribution >= 4 is 33.8 Å². The zero-order valence-electron chi connectivity index (χ0n) is 25.4. The van der Waals surface area contributed by atoms with Gasteiger partial charge in [-0.25, -0.2) is 14.4 Å². The molecule has 2 aliphatic rings. The first kappa shape index (κ1) is 29.0. The van der Waals surface area contributed by atoms with Crippen LogP contribution in [0.2, 0.25) is 0 Å². The first-order chi connectivity index (χ1) is 21.8. The van der Waals surface area contributed by atoms with E-state index in [9.17, 15) is 14.0 Å². The van der Waals surface area contributed by atoms with Crippen LogP contribution in [0.1, 0.15) is 46.5 Å². The molecule has 0 bridgehead atoms. The highest BCUT2D eigenvalue weighted by Gasteiger charge is 2.29. The maximum atomic E-state index is 14.8. The van der Waals surface area contributed by atoms with Crippen molar-refractivity contribution in [2.45, 2.75) is 32.2 Å². The van der Waals surface area contributed by atoms with Gasteiger partial charge in [0.05, 0.1) is 23.8 Å². The Hall–Kier alpha value is -4.77. The van der Waals surface area contributed by atoms with Gasteiger partial charge in [0.25, 0.3) is 11.8 Å². The fourth-order valence-electron chi connectivity index (χ4n) is 6.70. The van der Waals surface area contributed by atoms with E-state index in [0.29, 0.717) is 53.9 Å². The van der Waals surface area contributed by atoms with Crippen LogP contribution in [0, 0.1) is 17.7 Å². The van der Waals surface area contributed by atoms with Gasteiger partial charge in [-0.1, -0.05) is 18.2 Å². The summed E-state index contributed by atoms with van der Waals surface area (Å²) in [6.45, 7) is 2.69. The number of para-hydroxylation sites is 1. The Balaban J connectivity index is 1.37. The van der Waals surface area contributed by atoms with Crippen LogP contribution in [-0.2, 0) is 13.6 Å². The first-order valence-corrected chi connectivity index (χ1v) is 15.4. The molecule has 2 fully saturated rings. The van der Waals surface area contributed by atoms with E-state index >= 15 is 0 Å². The number of carbonyl (C=O) groups is 2. The lowest BCUT2D eigenvalue weighted by molar-refractivity contribution is 0.0678. The van der Waals surface area contributed by atoms with Crippen LogP contribution in [0.25, 0.3) is 44.6 Å². The van der Waals surface area contributed by atoms with Crippen molar-refractivity contribution in [1.29, 1.82) is 0 Å². The summed E-state index contributed by atoms with van der Waals surface area (Å²) in [6, 6.07) is 13.0. The number of methoxy groups -OCH3 is 1. The first-order valence-electron chi connectivity index (χ1n) is 15.4. The van der Waals surface area contributed by atoms with Crippen LogP contribution in [0.15, 0.2) is 48.7 Å². The molecule has 4 heterocycles. The zero-order valence-corrected chi connectivity index (χ0v) is 25.4. The molecule has 11 heteroatoms. The number of aromatic nitrogens is 4. The molecule has 1 atom stereocenters. The summed E-state index contributed by atoms with van der Waals surface area (Å²) in [6.07, 6.45) is 5.73. The minimum absolute atomic E-state index is 0.0452. The van der Waals surface area contributed by atoms with E-state index in [4.69, 9.17) is 21.2 Å². The van der Waals surface area contributed by atoms with E-state index in [1.165, 1.54) is 12.3 Å². The molecule has 10 nitrogen and oxygen atoms in total. The fourth-order valence-corrected chi connectivity index (χ4v) is 6.70. The molecular formula is C34H36FN7O3. The lowest BCUT2D eigenvalue weighted by Gasteiger charge is -2.32. The molecule has 1 saturated heterocycles. The number of pyridine rings is 1. The molecule has 0 spiro atoms. The average Bonchev–Trinajstić information content (AvgIpc) is 3.71. The van der Waals surface area contributed by atoms with Gasteiger partial charge in [0, 0.05) is 55.0 Å². The van der Waals surface area contributed by atoms with Gasteiger partial charge in [-0.05, 0) is 68.3 Å². The van der Waals surface area contributed by atoms with Crippen molar-refractivity contribution in [3.8, 4) is 28.4 Å². The van der Waals surface area contributed by atoms with E-state index in [-0.39, 0.29) is 11.6 Å². The standard InChI is InChI=1S/C34H36FN7O3/c1-40-31-26(12-22(14-28(31)45-2)34(44)41-10-4-5-20(15-36)17-41)39-33(40)27-13-21-6-3-7-24(30(21)42(27)18-19-8-9-19)23-11-25(35)29(32(37)43)38-16-23/h3,6-7,11-14,16,19-20H,4-5,8-10,15,17-18,36H2,1-2H3,(H2,37,43)/t20-/m0/s1. The van der Waals surface area contributed by atoms with E-state index < -0.39 is 11.7 Å². The number of halogens is 1. The van der Waals surface area contributed by atoms with Gasteiger partial charge in [0.2, 0.25) is 0 Å². The molecule has 2 amide bonds. The number of hydrogen-bond donors (Lipinski definition) is 2. The smallest absolute Gasteiger partial charge is 0.270 e. The highest BCUT2D eigenvalue weighted by molar-refractivity contribution is 6.01. The number of carbonyl (C=O) groups excluding carboxylic acids is 2. The second-order valence-electron chi connectivity index (χ2n) is 12.3.